The molecule has 6 nitrogen and oxygen atoms in total. The zero-order chi connectivity index (χ0) is 19.4. The van der Waals surface area contributed by atoms with E-state index in [0.717, 1.165) is 37.3 Å². The Bertz CT molecular complexity index is 648. The highest BCUT2D eigenvalue weighted by Crippen LogP contribution is 2.28. The summed E-state index contributed by atoms with van der Waals surface area (Å²) in [6.45, 7) is 6.11. The first-order valence-corrected chi connectivity index (χ1v) is 8.48. The first kappa shape index (κ1) is 21.3. The molecule has 0 saturated carbocycles. The molecule has 1 aromatic rings. The van der Waals surface area contributed by atoms with E-state index in [9.17, 15) is 9.59 Å². The number of ether oxygens (including phenoxy) is 3. The number of esters is 1. The summed E-state index contributed by atoms with van der Waals surface area (Å²) in [5.41, 5.74) is 1.14. The average molecular weight is 362 g/mol. The number of aliphatic carboxylic acids is 1. The van der Waals surface area contributed by atoms with E-state index in [1.165, 1.54) is 6.08 Å². The minimum atomic E-state index is -1.00. The zero-order valence-electron chi connectivity index (χ0n) is 15.3. The van der Waals surface area contributed by atoms with Gasteiger partial charge in [-0.1, -0.05) is 12.6 Å². The molecule has 1 aromatic carbocycles. The summed E-state index contributed by atoms with van der Waals surface area (Å²) in [6.07, 6.45) is 6.17. The maximum Gasteiger partial charge on any atom is 0.333 e. The second kappa shape index (κ2) is 11.7. The van der Waals surface area contributed by atoms with E-state index in [2.05, 4.69) is 6.58 Å². The Kier molecular flexibility index (Phi) is 9.61. The van der Waals surface area contributed by atoms with Crippen molar-refractivity contribution in [3.05, 3.63) is 42.0 Å². The first-order valence-electron chi connectivity index (χ1n) is 8.48. The maximum absolute atomic E-state index is 11.2. The molecule has 0 bridgehead atoms. The van der Waals surface area contributed by atoms with Crippen LogP contribution in [-0.4, -0.2) is 37.4 Å². The summed E-state index contributed by atoms with van der Waals surface area (Å²) in [5, 5.41) is 8.66. The molecule has 0 aliphatic heterocycles. The number of methoxy groups -OCH3 is 1. The first-order chi connectivity index (χ1) is 12.4. The van der Waals surface area contributed by atoms with Crippen molar-refractivity contribution in [2.24, 2.45) is 0 Å². The average Bonchev–Trinajstić information content (AvgIpc) is 2.62. The lowest BCUT2D eigenvalue weighted by atomic mass is 10.2. The molecule has 6 heteroatoms. The third-order valence-corrected chi connectivity index (χ3v) is 3.48. The van der Waals surface area contributed by atoms with Crippen molar-refractivity contribution in [2.75, 3.05) is 20.3 Å². The van der Waals surface area contributed by atoms with Gasteiger partial charge in [0, 0.05) is 11.6 Å². The third kappa shape index (κ3) is 8.37. The monoisotopic (exact) mass is 362 g/mol. The van der Waals surface area contributed by atoms with Gasteiger partial charge in [0.15, 0.2) is 11.5 Å². The quantitative estimate of drug-likeness (QED) is 0.345. The number of carboxylic acids is 1. The molecule has 1 rings (SSSR count). The van der Waals surface area contributed by atoms with Crippen LogP contribution in [0.3, 0.4) is 0 Å². The molecule has 26 heavy (non-hydrogen) atoms. The lowest BCUT2D eigenvalue weighted by Crippen LogP contribution is -2.06. The molecule has 142 valence electrons. The molecule has 0 unspecified atom stereocenters. The fourth-order valence-electron chi connectivity index (χ4n) is 2.10. The Morgan fingerprint density at radius 3 is 2.42 bits per heavy atom. The third-order valence-electron chi connectivity index (χ3n) is 3.48. The van der Waals surface area contributed by atoms with Gasteiger partial charge in [-0.05, 0) is 56.4 Å². The van der Waals surface area contributed by atoms with E-state index >= 15 is 0 Å². The van der Waals surface area contributed by atoms with Crippen molar-refractivity contribution < 1.29 is 28.9 Å². The number of unbranched alkanes of at least 4 members (excludes halogenated alkanes) is 3. The van der Waals surface area contributed by atoms with Gasteiger partial charge in [0.05, 0.1) is 20.3 Å². The normalized spacial score (nSPS) is 10.5. The van der Waals surface area contributed by atoms with Crippen LogP contribution in [0.1, 0.15) is 38.2 Å². The van der Waals surface area contributed by atoms with E-state index in [1.54, 1.807) is 32.2 Å². The molecule has 0 atom stereocenters. The van der Waals surface area contributed by atoms with E-state index in [1.807, 2.05) is 0 Å². The second-order valence-electron chi connectivity index (χ2n) is 5.76. The zero-order valence-corrected chi connectivity index (χ0v) is 15.3. The predicted molar refractivity (Wildman–Crippen MR) is 99.4 cm³/mol. The number of rotatable bonds is 12. The van der Waals surface area contributed by atoms with Crippen LogP contribution in [0.15, 0.2) is 36.4 Å². The minimum absolute atomic E-state index is 0.345. The molecular weight excluding hydrogens is 336 g/mol. The van der Waals surface area contributed by atoms with Gasteiger partial charge in [0.1, 0.15) is 0 Å². The van der Waals surface area contributed by atoms with Crippen LogP contribution in [0.4, 0.5) is 0 Å². The molecule has 0 heterocycles. The van der Waals surface area contributed by atoms with Crippen molar-refractivity contribution in [1.82, 2.24) is 0 Å². The number of benzene rings is 1. The van der Waals surface area contributed by atoms with Crippen molar-refractivity contribution in [3.63, 3.8) is 0 Å². The largest absolute Gasteiger partial charge is 0.493 e. The summed E-state index contributed by atoms with van der Waals surface area (Å²) in [7, 11) is 1.54. The van der Waals surface area contributed by atoms with Crippen LogP contribution in [0.25, 0.3) is 6.08 Å². The number of hydrogen-bond donors (Lipinski definition) is 1. The highest BCUT2D eigenvalue weighted by Gasteiger charge is 2.05. The standard InChI is InChI=1S/C20H26O6/c1-15(2)20(23)26-13-7-5-4-6-12-25-17-10-8-16(9-11-19(21)22)14-18(17)24-3/h8-11,14H,1,4-7,12-13H2,2-3H3,(H,21,22). The SMILES string of the molecule is C=C(C)C(=O)OCCCCCCOc1ccc(C=CC(=O)O)cc1OC. The Hall–Kier alpha value is -2.76. The molecule has 0 saturated heterocycles. The molecule has 0 radical (unpaired) electrons. The highest BCUT2D eigenvalue weighted by atomic mass is 16.5. The Balaban J connectivity index is 2.29. The van der Waals surface area contributed by atoms with Gasteiger partial charge in [-0.15, -0.1) is 0 Å². The van der Waals surface area contributed by atoms with E-state index in [4.69, 9.17) is 19.3 Å². The molecule has 0 aliphatic rings. The lowest BCUT2D eigenvalue weighted by molar-refractivity contribution is -0.139. The number of hydrogen-bond acceptors (Lipinski definition) is 5. The van der Waals surface area contributed by atoms with Gasteiger partial charge >= 0.3 is 11.9 Å². The van der Waals surface area contributed by atoms with Crippen molar-refractivity contribution in [1.29, 1.82) is 0 Å². The summed E-state index contributed by atoms with van der Waals surface area (Å²) in [5.74, 6) is -0.166. The Labute approximate surface area is 154 Å². The van der Waals surface area contributed by atoms with Crippen molar-refractivity contribution >= 4 is 18.0 Å². The van der Waals surface area contributed by atoms with E-state index in [0.29, 0.717) is 30.3 Å². The molecule has 0 spiro atoms. The minimum Gasteiger partial charge on any atom is -0.493 e. The smallest absolute Gasteiger partial charge is 0.333 e. The number of carboxylic acid groups (broad SMARTS) is 1. The number of carbonyl (C=O) groups excluding carboxylic acids is 1. The molecule has 1 N–H and O–H groups in total. The van der Waals surface area contributed by atoms with Crippen LogP contribution in [-0.2, 0) is 14.3 Å². The second-order valence-corrected chi connectivity index (χ2v) is 5.76. The Morgan fingerprint density at radius 2 is 1.81 bits per heavy atom. The van der Waals surface area contributed by atoms with Gasteiger partial charge in [-0.25, -0.2) is 9.59 Å². The van der Waals surface area contributed by atoms with Crippen molar-refractivity contribution in [3.8, 4) is 11.5 Å². The van der Waals surface area contributed by atoms with Gasteiger partial charge in [0.25, 0.3) is 0 Å². The summed E-state index contributed by atoms with van der Waals surface area (Å²) in [6, 6.07) is 5.26. The Morgan fingerprint density at radius 1 is 1.12 bits per heavy atom. The van der Waals surface area contributed by atoms with E-state index in [-0.39, 0.29) is 5.97 Å². The van der Waals surface area contributed by atoms with E-state index < -0.39 is 5.97 Å². The topological polar surface area (TPSA) is 82.1 Å². The summed E-state index contributed by atoms with van der Waals surface area (Å²) >= 11 is 0. The van der Waals surface area contributed by atoms with Gasteiger partial charge in [0.2, 0.25) is 0 Å². The fourth-order valence-corrected chi connectivity index (χ4v) is 2.10. The van der Waals surface area contributed by atoms with Gasteiger partial charge in [-0.3, -0.25) is 0 Å². The highest BCUT2D eigenvalue weighted by molar-refractivity contribution is 5.87. The van der Waals surface area contributed by atoms with Crippen LogP contribution in [0.2, 0.25) is 0 Å². The van der Waals surface area contributed by atoms with Crippen LogP contribution < -0.4 is 9.47 Å². The van der Waals surface area contributed by atoms with Gasteiger partial charge < -0.3 is 19.3 Å². The molecule has 0 amide bonds. The molecule has 0 aromatic heterocycles. The summed E-state index contributed by atoms with van der Waals surface area (Å²) < 4.78 is 16.0. The lowest BCUT2D eigenvalue weighted by Gasteiger charge is -2.11. The van der Waals surface area contributed by atoms with Crippen molar-refractivity contribution in [2.45, 2.75) is 32.6 Å². The predicted octanol–water partition coefficient (Wildman–Crippen LogP) is 3.85. The van der Waals surface area contributed by atoms with Gasteiger partial charge in [-0.2, -0.15) is 0 Å². The molecule has 0 fully saturated rings. The maximum atomic E-state index is 11.2. The fraction of sp³-hybridized carbons (Fsp3) is 0.400. The van der Waals surface area contributed by atoms with Crippen LogP contribution in [0.5, 0.6) is 11.5 Å². The summed E-state index contributed by atoms with van der Waals surface area (Å²) in [4.78, 5) is 21.8. The van der Waals surface area contributed by atoms with Crippen LogP contribution >= 0.6 is 0 Å². The van der Waals surface area contributed by atoms with Crippen LogP contribution in [0, 0.1) is 0 Å². The molecular formula is C20H26O6. The molecule has 0 aliphatic carbocycles. The number of carbonyl (C=O) groups is 2.